The van der Waals surface area contributed by atoms with Crippen LogP contribution in [0.3, 0.4) is 0 Å². The number of hydrogen-bond donors (Lipinski definition) is 1. The molecule has 4 rings (SSSR count). The summed E-state index contributed by atoms with van der Waals surface area (Å²) in [4.78, 5) is 27.4. The highest BCUT2D eigenvalue weighted by Crippen LogP contribution is 2.38. The van der Waals surface area contributed by atoms with Gasteiger partial charge in [0.2, 0.25) is 11.7 Å². The Bertz CT molecular complexity index is 1240. The standard InChI is InChI=1S/C19H11N7O3/c20-10-12-11-24-15-9-17(29-13-2-6-21-7-3-13)16(26(27)28)8-14(15)18(12)25-19-22-4-1-5-23-19/h1-9,11H,(H,22,23,24,25). The van der Waals surface area contributed by atoms with Gasteiger partial charge in [0.15, 0.2) is 0 Å². The summed E-state index contributed by atoms with van der Waals surface area (Å²) < 4.78 is 5.66. The van der Waals surface area contributed by atoms with Gasteiger partial charge in [-0.05, 0) is 18.2 Å². The number of benzene rings is 1. The third-order valence-electron chi connectivity index (χ3n) is 3.95. The lowest BCUT2D eigenvalue weighted by Gasteiger charge is -2.12. The van der Waals surface area contributed by atoms with Crippen LogP contribution in [0.1, 0.15) is 5.56 Å². The van der Waals surface area contributed by atoms with E-state index in [1.165, 1.54) is 43.1 Å². The molecule has 0 spiro atoms. The molecule has 0 unspecified atom stereocenters. The molecule has 10 heteroatoms. The summed E-state index contributed by atoms with van der Waals surface area (Å²) in [5.74, 6) is 0.663. The summed E-state index contributed by atoms with van der Waals surface area (Å²) in [6.45, 7) is 0. The topological polar surface area (TPSA) is 140 Å². The van der Waals surface area contributed by atoms with Crippen LogP contribution in [0.5, 0.6) is 11.5 Å². The van der Waals surface area contributed by atoms with Gasteiger partial charge in [-0.3, -0.25) is 20.1 Å². The Labute approximate surface area is 163 Å². The number of aromatic nitrogens is 4. The van der Waals surface area contributed by atoms with Gasteiger partial charge in [-0.1, -0.05) is 0 Å². The van der Waals surface area contributed by atoms with Crippen molar-refractivity contribution in [3.63, 3.8) is 0 Å². The molecule has 0 aliphatic heterocycles. The molecular weight excluding hydrogens is 374 g/mol. The quantitative estimate of drug-likeness (QED) is 0.402. The first-order valence-electron chi connectivity index (χ1n) is 8.29. The van der Waals surface area contributed by atoms with Crippen LogP contribution in [0.25, 0.3) is 10.9 Å². The van der Waals surface area contributed by atoms with E-state index in [0.717, 1.165) is 0 Å². The fraction of sp³-hybridized carbons (Fsp3) is 0. The molecule has 140 valence electrons. The smallest absolute Gasteiger partial charge is 0.312 e. The predicted molar refractivity (Wildman–Crippen MR) is 103 cm³/mol. The lowest BCUT2D eigenvalue weighted by molar-refractivity contribution is -0.385. The number of hydrogen-bond acceptors (Lipinski definition) is 9. The molecule has 0 aliphatic carbocycles. The number of nitrogens with one attached hydrogen (secondary N) is 1. The van der Waals surface area contributed by atoms with Crippen molar-refractivity contribution >= 4 is 28.2 Å². The van der Waals surface area contributed by atoms with Gasteiger partial charge in [-0.15, -0.1) is 0 Å². The van der Waals surface area contributed by atoms with Gasteiger partial charge in [-0.2, -0.15) is 5.26 Å². The molecule has 3 aromatic heterocycles. The van der Waals surface area contributed by atoms with E-state index in [0.29, 0.717) is 22.3 Å². The number of nitrogens with zero attached hydrogens (tertiary/aromatic N) is 6. The van der Waals surface area contributed by atoms with Crippen molar-refractivity contribution in [3.8, 4) is 17.6 Å². The highest BCUT2D eigenvalue weighted by molar-refractivity contribution is 5.97. The van der Waals surface area contributed by atoms with E-state index in [-0.39, 0.29) is 22.9 Å². The Morgan fingerprint density at radius 3 is 2.55 bits per heavy atom. The average molecular weight is 385 g/mol. The molecule has 29 heavy (non-hydrogen) atoms. The molecule has 10 nitrogen and oxygen atoms in total. The first kappa shape index (κ1) is 17.7. The highest BCUT2D eigenvalue weighted by Gasteiger charge is 2.21. The minimum atomic E-state index is -0.558. The maximum Gasteiger partial charge on any atom is 0.312 e. The van der Waals surface area contributed by atoms with Gasteiger partial charge in [0.1, 0.15) is 11.8 Å². The summed E-state index contributed by atoms with van der Waals surface area (Å²) in [6.07, 6.45) is 7.47. The Hall–Kier alpha value is -4.65. The third-order valence-corrected chi connectivity index (χ3v) is 3.95. The van der Waals surface area contributed by atoms with Crippen LogP contribution in [0.2, 0.25) is 0 Å². The van der Waals surface area contributed by atoms with E-state index >= 15 is 0 Å². The lowest BCUT2D eigenvalue weighted by Crippen LogP contribution is -2.01. The minimum absolute atomic E-state index is 0.0211. The molecule has 0 saturated heterocycles. The molecular formula is C19H11N7O3. The maximum absolute atomic E-state index is 11.7. The van der Waals surface area contributed by atoms with E-state index in [4.69, 9.17) is 4.74 Å². The number of rotatable bonds is 5. The van der Waals surface area contributed by atoms with Crippen LogP contribution in [-0.4, -0.2) is 24.9 Å². The zero-order chi connectivity index (χ0) is 20.2. The second-order valence-corrected chi connectivity index (χ2v) is 5.74. The van der Waals surface area contributed by atoms with Crippen molar-refractivity contribution < 1.29 is 9.66 Å². The van der Waals surface area contributed by atoms with Gasteiger partial charge in [-0.25, -0.2) is 9.97 Å². The van der Waals surface area contributed by atoms with Crippen LogP contribution in [0.15, 0.2) is 61.3 Å². The fourth-order valence-electron chi connectivity index (χ4n) is 2.66. The van der Waals surface area contributed by atoms with Crippen LogP contribution >= 0.6 is 0 Å². The number of nitro groups is 1. The number of pyridine rings is 2. The SMILES string of the molecule is N#Cc1cnc2cc(Oc3ccncc3)c([N+](=O)[O-])cc2c1Nc1ncccn1. The number of nitriles is 1. The van der Waals surface area contributed by atoms with Gasteiger partial charge < -0.3 is 10.1 Å². The van der Waals surface area contributed by atoms with Gasteiger partial charge in [0.25, 0.3) is 0 Å². The Morgan fingerprint density at radius 2 is 1.86 bits per heavy atom. The normalized spacial score (nSPS) is 10.3. The molecule has 0 bridgehead atoms. The highest BCUT2D eigenvalue weighted by atomic mass is 16.6. The Balaban J connectivity index is 1.88. The van der Waals surface area contributed by atoms with E-state index in [1.807, 2.05) is 6.07 Å². The Kier molecular flexibility index (Phi) is 4.61. The number of fused-ring (bicyclic) bond motifs is 1. The van der Waals surface area contributed by atoms with Gasteiger partial charge in [0.05, 0.1) is 21.7 Å². The van der Waals surface area contributed by atoms with Gasteiger partial charge >= 0.3 is 5.69 Å². The van der Waals surface area contributed by atoms with Crippen LogP contribution in [0.4, 0.5) is 17.3 Å². The lowest BCUT2D eigenvalue weighted by atomic mass is 10.1. The largest absolute Gasteiger partial charge is 0.450 e. The first-order valence-corrected chi connectivity index (χ1v) is 8.29. The van der Waals surface area contributed by atoms with Crippen molar-refractivity contribution in [2.75, 3.05) is 5.32 Å². The zero-order valence-electron chi connectivity index (χ0n) is 14.7. The van der Waals surface area contributed by atoms with Crippen molar-refractivity contribution in [2.24, 2.45) is 0 Å². The van der Waals surface area contributed by atoms with E-state index in [2.05, 4.69) is 25.3 Å². The van der Waals surface area contributed by atoms with Crippen molar-refractivity contribution in [3.05, 3.63) is 77.0 Å². The van der Waals surface area contributed by atoms with Crippen LogP contribution in [0, 0.1) is 21.4 Å². The summed E-state index contributed by atoms with van der Waals surface area (Å²) in [5, 5.41) is 24.4. The minimum Gasteiger partial charge on any atom is -0.450 e. The van der Waals surface area contributed by atoms with Crippen molar-refractivity contribution in [2.45, 2.75) is 0 Å². The van der Waals surface area contributed by atoms with Crippen molar-refractivity contribution in [1.82, 2.24) is 19.9 Å². The Morgan fingerprint density at radius 1 is 1.10 bits per heavy atom. The number of anilines is 2. The summed E-state index contributed by atoms with van der Waals surface area (Å²) in [5.41, 5.74) is 0.643. The zero-order valence-corrected chi connectivity index (χ0v) is 14.7. The fourth-order valence-corrected chi connectivity index (χ4v) is 2.66. The second-order valence-electron chi connectivity index (χ2n) is 5.74. The molecule has 0 fully saturated rings. The molecule has 1 aromatic carbocycles. The van der Waals surface area contributed by atoms with Gasteiger partial charge in [0, 0.05) is 48.5 Å². The maximum atomic E-state index is 11.7. The predicted octanol–water partition coefficient (Wildman–Crippen LogP) is 3.74. The first-order chi connectivity index (χ1) is 14.2. The molecule has 4 aromatic rings. The van der Waals surface area contributed by atoms with Crippen molar-refractivity contribution in [1.29, 1.82) is 5.26 Å². The monoisotopic (exact) mass is 385 g/mol. The van der Waals surface area contributed by atoms with E-state index in [1.54, 1.807) is 18.2 Å². The second kappa shape index (κ2) is 7.53. The molecule has 1 N–H and O–H groups in total. The average Bonchev–Trinajstić information content (AvgIpc) is 2.75. The molecule has 0 saturated carbocycles. The summed E-state index contributed by atoms with van der Waals surface area (Å²) in [6, 6.07) is 9.60. The molecule has 3 heterocycles. The number of ether oxygens (including phenoxy) is 1. The van der Waals surface area contributed by atoms with E-state index < -0.39 is 4.92 Å². The molecule has 0 aliphatic rings. The molecule has 0 atom stereocenters. The van der Waals surface area contributed by atoms with E-state index in [9.17, 15) is 15.4 Å². The molecule has 0 radical (unpaired) electrons. The summed E-state index contributed by atoms with van der Waals surface area (Å²) in [7, 11) is 0. The number of nitro benzene ring substituents is 1. The summed E-state index contributed by atoms with van der Waals surface area (Å²) >= 11 is 0. The third kappa shape index (κ3) is 3.60. The van der Waals surface area contributed by atoms with Crippen LogP contribution in [-0.2, 0) is 0 Å². The molecule has 0 amide bonds. The van der Waals surface area contributed by atoms with Crippen LogP contribution < -0.4 is 10.1 Å².